The fourth-order valence-electron chi connectivity index (χ4n) is 2.23. The number of carboxylic acid groups (broad SMARTS) is 1. The topological polar surface area (TPSA) is 66.8 Å². The lowest BCUT2D eigenvalue weighted by Crippen LogP contribution is -2.29. The number of aromatic carboxylic acids is 1. The Morgan fingerprint density at radius 3 is 2.89 bits per heavy atom. The predicted molar refractivity (Wildman–Crippen MR) is 70.6 cm³/mol. The summed E-state index contributed by atoms with van der Waals surface area (Å²) >= 11 is 0. The van der Waals surface area contributed by atoms with Crippen LogP contribution in [0.15, 0.2) is 18.2 Å². The van der Waals surface area contributed by atoms with Gasteiger partial charge in [-0.1, -0.05) is 0 Å². The number of carboxylic acids is 1. The van der Waals surface area contributed by atoms with Gasteiger partial charge in [0.15, 0.2) is 0 Å². The molecule has 5 nitrogen and oxygen atoms in total. The molecule has 0 radical (unpaired) electrons. The molecule has 0 saturated heterocycles. The van der Waals surface area contributed by atoms with E-state index in [1.54, 1.807) is 17.0 Å². The summed E-state index contributed by atoms with van der Waals surface area (Å²) in [6.45, 7) is 3.53. The molecule has 19 heavy (non-hydrogen) atoms. The van der Waals surface area contributed by atoms with E-state index in [2.05, 4.69) is 0 Å². The minimum Gasteiger partial charge on any atom is -0.478 e. The van der Waals surface area contributed by atoms with Crippen LogP contribution in [0.2, 0.25) is 0 Å². The van der Waals surface area contributed by atoms with Gasteiger partial charge in [0.1, 0.15) is 0 Å². The number of hydrogen-bond donors (Lipinski definition) is 1. The van der Waals surface area contributed by atoms with Gasteiger partial charge in [-0.05, 0) is 37.1 Å². The van der Waals surface area contributed by atoms with E-state index in [9.17, 15) is 9.59 Å². The smallest absolute Gasteiger partial charge is 0.335 e. The van der Waals surface area contributed by atoms with Gasteiger partial charge in [0.25, 0.3) is 0 Å². The molecule has 0 fully saturated rings. The Bertz CT molecular complexity index is 498. The van der Waals surface area contributed by atoms with Crippen molar-refractivity contribution in [3.8, 4) is 0 Å². The van der Waals surface area contributed by atoms with Crippen LogP contribution in [0.5, 0.6) is 0 Å². The molecule has 1 aromatic rings. The summed E-state index contributed by atoms with van der Waals surface area (Å²) in [5, 5.41) is 8.94. The molecular formula is C14H17NO4. The second kappa shape index (κ2) is 5.84. The maximum atomic E-state index is 12.0. The molecule has 0 bridgehead atoms. The van der Waals surface area contributed by atoms with Crippen molar-refractivity contribution in [1.82, 2.24) is 0 Å². The van der Waals surface area contributed by atoms with E-state index in [1.165, 1.54) is 6.07 Å². The summed E-state index contributed by atoms with van der Waals surface area (Å²) in [6.07, 6.45) is 1.06. The van der Waals surface area contributed by atoms with Crippen LogP contribution in [0.1, 0.15) is 29.3 Å². The fraction of sp³-hybridized carbons (Fsp3) is 0.429. The molecular weight excluding hydrogens is 246 g/mol. The van der Waals surface area contributed by atoms with E-state index >= 15 is 0 Å². The quantitative estimate of drug-likeness (QED) is 0.821. The number of ether oxygens (including phenoxy) is 1. The molecule has 102 valence electrons. The van der Waals surface area contributed by atoms with Gasteiger partial charge < -0.3 is 14.7 Å². The van der Waals surface area contributed by atoms with Crippen LogP contribution in [0.4, 0.5) is 5.69 Å². The van der Waals surface area contributed by atoms with E-state index in [0.29, 0.717) is 32.6 Å². The van der Waals surface area contributed by atoms with Crippen LogP contribution in [-0.2, 0) is 16.0 Å². The lowest BCUT2D eigenvalue weighted by molar-refractivity contribution is -0.119. The number of carbonyl (C=O) groups excluding carboxylic acids is 1. The molecule has 1 N–H and O–H groups in total. The first-order valence-corrected chi connectivity index (χ1v) is 6.37. The third kappa shape index (κ3) is 2.93. The summed E-state index contributed by atoms with van der Waals surface area (Å²) in [4.78, 5) is 24.6. The summed E-state index contributed by atoms with van der Waals surface area (Å²) in [6, 6.07) is 4.90. The number of carbonyl (C=O) groups is 2. The number of anilines is 1. The molecule has 1 amide bonds. The Hall–Kier alpha value is -1.88. The molecule has 1 aromatic carbocycles. The number of rotatable bonds is 5. The molecule has 5 heteroatoms. The van der Waals surface area contributed by atoms with Gasteiger partial charge in [0.2, 0.25) is 5.91 Å². The van der Waals surface area contributed by atoms with Gasteiger partial charge in [0.05, 0.1) is 18.6 Å². The molecule has 0 aromatic heterocycles. The Morgan fingerprint density at radius 2 is 2.21 bits per heavy atom. The van der Waals surface area contributed by atoms with Crippen molar-refractivity contribution in [3.05, 3.63) is 29.3 Å². The van der Waals surface area contributed by atoms with Crippen molar-refractivity contribution in [2.24, 2.45) is 0 Å². The lowest BCUT2D eigenvalue weighted by Gasteiger charge is -2.17. The number of nitrogens with zero attached hydrogens (tertiary/aromatic N) is 1. The third-order valence-electron chi connectivity index (χ3n) is 3.19. The summed E-state index contributed by atoms with van der Waals surface area (Å²) in [5.74, 6) is -0.917. The monoisotopic (exact) mass is 263 g/mol. The first-order chi connectivity index (χ1) is 9.13. The highest BCUT2D eigenvalue weighted by molar-refractivity contribution is 5.97. The zero-order chi connectivity index (χ0) is 13.8. The zero-order valence-corrected chi connectivity index (χ0v) is 10.9. The largest absolute Gasteiger partial charge is 0.478 e. The van der Waals surface area contributed by atoms with Crippen LogP contribution < -0.4 is 4.90 Å². The molecule has 0 aliphatic carbocycles. The Balaban J connectivity index is 2.09. The molecule has 0 spiro atoms. The van der Waals surface area contributed by atoms with E-state index < -0.39 is 5.97 Å². The van der Waals surface area contributed by atoms with Gasteiger partial charge >= 0.3 is 5.97 Å². The highest BCUT2D eigenvalue weighted by Crippen LogP contribution is 2.29. The SMILES string of the molecule is CCOCCC(=O)N1CCc2cc(C(=O)O)ccc21. The molecule has 0 saturated carbocycles. The van der Waals surface area contributed by atoms with Crippen molar-refractivity contribution in [3.63, 3.8) is 0 Å². The average Bonchev–Trinajstić information content (AvgIpc) is 2.81. The zero-order valence-electron chi connectivity index (χ0n) is 10.9. The second-order valence-electron chi connectivity index (χ2n) is 4.39. The highest BCUT2D eigenvalue weighted by atomic mass is 16.5. The predicted octanol–water partition coefficient (Wildman–Crippen LogP) is 1.70. The Kier molecular flexibility index (Phi) is 4.16. The molecule has 1 heterocycles. The van der Waals surface area contributed by atoms with Crippen molar-refractivity contribution in [2.75, 3.05) is 24.7 Å². The van der Waals surface area contributed by atoms with Gasteiger partial charge in [-0.25, -0.2) is 4.79 Å². The normalized spacial score (nSPS) is 13.4. The van der Waals surface area contributed by atoms with E-state index in [4.69, 9.17) is 9.84 Å². The molecule has 1 aliphatic rings. The van der Waals surface area contributed by atoms with E-state index in [1.807, 2.05) is 6.92 Å². The second-order valence-corrected chi connectivity index (χ2v) is 4.39. The summed E-state index contributed by atoms with van der Waals surface area (Å²) < 4.78 is 5.18. The van der Waals surface area contributed by atoms with Crippen LogP contribution in [0.3, 0.4) is 0 Å². The van der Waals surface area contributed by atoms with E-state index in [0.717, 1.165) is 11.3 Å². The molecule has 2 rings (SSSR count). The number of benzene rings is 1. The van der Waals surface area contributed by atoms with Crippen molar-refractivity contribution in [1.29, 1.82) is 0 Å². The van der Waals surface area contributed by atoms with Gasteiger partial charge in [-0.2, -0.15) is 0 Å². The molecule has 0 atom stereocenters. The molecule has 0 unspecified atom stereocenters. The standard InChI is InChI=1S/C14H17NO4/c1-2-19-8-6-13(16)15-7-5-10-9-11(14(17)18)3-4-12(10)15/h3-4,9H,2,5-8H2,1H3,(H,17,18). The van der Waals surface area contributed by atoms with Gasteiger partial charge in [0, 0.05) is 18.8 Å². The number of fused-ring (bicyclic) bond motifs is 1. The van der Waals surface area contributed by atoms with Crippen LogP contribution in [0.25, 0.3) is 0 Å². The summed E-state index contributed by atoms with van der Waals surface area (Å²) in [7, 11) is 0. The lowest BCUT2D eigenvalue weighted by atomic mass is 10.1. The molecule has 1 aliphatic heterocycles. The fourth-order valence-corrected chi connectivity index (χ4v) is 2.23. The van der Waals surface area contributed by atoms with E-state index in [-0.39, 0.29) is 11.5 Å². The van der Waals surface area contributed by atoms with Crippen LogP contribution in [-0.4, -0.2) is 36.7 Å². The van der Waals surface area contributed by atoms with Crippen LogP contribution >= 0.6 is 0 Å². The number of hydrogen-bond acceptors (Lipinski definition) is 3. The minimum atomic E-state index is -0.941. The van der Waals surface area contributed by atoms with Crippen molar-refractivity contribution in [2.45, 2.75) is 19.8 Å². The first-order valence-electron chi connectivity index (χ1n) is 6.37. The highest BCUT2D eigenvalue weighted by Gasteiger charge is 2.25. The summed E-state index contributed by atoms with van der Waals surface area (Å²) in [5.41, 5.74) is 2.01. The van der Waals surface area contributed by atoms with Gasteiger partial charge in [-0.15, -0.1) is 0 Å². The van der Waals surface area contributed by atoms with Crippen molar-refractivity contribution < 1.29 is 19.4 Å². The Morgan fingerprint density at radius 1 is 1.42 bits per heavy atom. The average molecular weight is 263 g/mol. The number of amides is 1. The first kappa shape index (κ1) is 13.5. The minimum absolute atomic E-state index is 0.0234. The van der Waals surface area contributed by atoms with Gasteiger partial charge in [-0.3, -0.25) is 4.79 Å². The third-order valence-corrected chi connectivity index (χ3v) is 3.19. The maximum absolute atomic E-state index is 12.0. The van der Waals surface area contributed by atoms with Crippen LogP contribution in [0, 0.1) is 0 Å². The Labute approximate surface area is 111 Å². The maximum Gasteiger partial charge on any atom is 0.335 e. The van der Waals surface area contributed by atoms with Crippen molar-refractivity contribution >= 4 is 17.6 Å².